The van der Waals surface area contributed by atoms with Crippen molar-refractivity contribution in [2.24, 2.45) is 0 Å². The Labute approximate surface area is 143 Å². The molecule has 7 heteroatoms. The van der Waals surface area contributed by atoms with Crippen LogP contribution in [0, 0.1) is 22.9 Å². The predicted octanol–water partition coefficient (Wildman–Crippen LogP) is 3.68. The van der Waals surface area contributed by atoms with Crippen LogP contribution in [0.25, 0.3) is 6.08 Å². The van der Waals surface area contributed by atoms with Crippen molar-refractivity contribution in [2.45, 2.75) is 6.92 Å². The first-order valence-corrected chi connectivity index (χ1v) is 7.33. The molecule has 2 aromatic carbocycles. The number of nitro groups is 1. The highest BCUT2D eigenvalue weighted by molar-refractivity contribution is 5.94. The molecule has 0 N–H and O–H groups in total. The highest BCUT2D eigenvalue weighted by atomic mass is 19.1. The molecule has 25 heavy (non-hydrogen) atoms. The maximum absolute atomic E-state index is 13.0. The molecule has 0 saturated heterocycles. The van der Waals surface area contributed by atoms with Crippen LogP contribution >= 0.6 is 0 Å². The molecule has 0 radical (unpaired) electrons. The van der Waals surface area contributed by atoms with Crippen molar-refractivity contribution in [3.8, 4) is 5.75 Å². The van der Waals surface area contributed by atoms with Crippen molar-refractivity contribution in [3.63, 3.8) is 0 Å². The molecule has 130 valence electrons. The van der Waals surface area contributed by atoms with Gasteiger partial charge in [0.1, 0.15) is 12.4 Å². The van der Waals surface area contributed by atoms with Gasteiger partial charge in [0, 0.05) is 6.07 Å². The second kappa shape index (κ2) is 8.05. The first-order chi connectivity index (χ1) is 11.9. The lowest BCUT2D eigenvalue weighted by molar-refractivity contribution is -0.385. The third kappa shape index (κ3) is 4.87. The Kier molecular flexibility index (Phi) is 5.84. The minimum atomic E-state index is -0.640. The Morgan fingerprint density at radius 1 is 1.24 bits per heavy atom. The molecule has 0 bridgehead atoms. The number of nitro benzene ring substituents is 1. The van der Waals surface area contributed by atoms with Gasteiger partial charge in [0.15, 0.2) is 5.75 Å². The van der Waals surface area contributed by atoms with E-state index in [1.807, 2.05) is 0 Å². The molecule has 0 aliphatic carbocycles. The summed E-state index contributed by atoms with van der Waals surface area (Å²) < 4.78 is 23.1. The van der Waals surface area contributed by atoms with Crippen molar-refractivity contribution < 1.29 is 23.6 Å². The van der Waals surface area contributed by atoms with Crippen LogP contribution in [0.1, 0.15) is 11.1 Å². The predicted molar refractivity (Wildman–Crippen MR) is 89.7 cm³/mol. The Morgan fingerprint density at radius 2 is 1.92 bits per heavy atom. The van der Waals surface area contributed by atoms with Crippen molar-refractivity contribution in [1.82, 2.24) is 0 Å². The fourth-order valence-corrected chi connectivity index (χ4v) is 2.10. The highest BCUT2D eigenvalue weighted by Crippen LogP contribution is 2.28. The number of rotatable bonds is 6. The first kappa shape index (κ1) is 18.1. The van der Waals surface area contributed by atoms with Gasteiger partial charge >= 0.3 is 11.7 Å². The number of nitrogens with zero attached hydrogens (tertiary/aromatic N) is 1. The van der Waals surface area contributed by atoms with Crippen molar-refractivity contribution >= 4 is 17.7 Å². The van der Waals surface area contributed by atoms with E-state index in [1.165, 1.54) is 49.6 Å². The number of aryl methyl sites for hydroxylation is 1. The summed E-state index contributed by atoms with van der Waals surface area (Å²) in [5, 5.41) is 11.1. The Morgan fingerprint density at radius 3 is 2.52 bits per heavy atom. The summed E-state index contributed by atoms with van der Waals surface area (Å²) >= 11 is 0. The topological polar surface area (TPSA) is 78.7 Å². The average Bonchev–Trinajstić information content (AvgIpc) is 2.60. The monoisotopic (exact) mass is 345 g/mol. The SMILES string of the molecule is COC(=O)/C(=C/c1ccc(F)cc1)COc1ccc(C)cc1[N+](=O)[O-]. The second-order valence-electron chi connectivity index (χ2n) is 5.23. The second-order valence-corrected chi connectivity index (χ2v) is 5.23. The summed E-state index contributed by atoms with van der Waals surface area (Å²) in [6.45, 7) is 1.50. The number of esters is 1. The third-order valence-electron chi connectivity index (χ3n) is 3.35. The molecule has 0 aromatic heterocycles. The van der Waals surface area contributed by atoms with E-state index >= 15 is 0 Å². The lowest BCUT2D eigenvalue weighted by Crippen LogP contribution is -2.13. The lowest BCUT2D eigenvalue weighted by atomic mass is 10.1. The zero-order valence-corrected chi connectivity index (χ0v) is 13.7. The first-order valence-electron chi connectivity index (χ1n) is 7.33. The summed E-state index contributed by atoms with van der Waals surface area (Å²) in [7, 11) is 1.22. The maximum atomic E-state index is 13.0. The number of benzene rings is 2. The summed E-state index contributed by atoms with van der Waals surface area (Å²) in [6.07, 6.45) is 1.48. The molecule has 0 amide bonds. The zero-order valence-electron chi connectivity index (χ0n) is 13.7. The highest BCUT2D eigenvalue weighted by Gasteiger charge is 2.17. The van der Waals surface area contributed by atoms with Gasteiger partial charge in [-0.15, -0.1) is 0 Å². The van der Waals surface area contributed by atoms with Crippen LogP contribution in [-0.2, 0) is 9.53 Å². The maximum Gasteiger partial charge on any atom is 0.337 e. The molecule has 0 fully saturated rings. The summed E-state index contributed by atoms with van der Waals surface area (Å²) in [5.74, 6) is -0.994. The third-order valence-corrected chi connectivity index (χ3v) is 3.35. The zero-order chi connectivity index (χ0) is 18.4. The fourth-order valence-electron chi connectivity index (χ4n) is 2.10. The lowest BCUT2D eigenvalue weighted by Gasteiger charge is -2.09. The van der Waals surface area contributed by atoms with Gasteiger partial charge in [-0.2, -0.15) is 0 Å². The minimum absolute atomic E-state index is 0.0458. The molecule has 0 aliphatic heterocycles. The molecule has 0 atom stereocenters. The Bertz CT molecular complexity index is 815. The Balaban J connectivity index is 2.26. The standard InChI is InChI=1S/C18H16FNO5/c1-12-3-8-17(16(9-12)20(22)23)25-11-14(18(21)24-2)10-13-4-6-15(19)7-5-13/h3-10H,11H2,1-2H3/b14-10+. The van der Waals surface area contributed by atoms with Gasteiger partial charge in [0.05, 0.1) is 17.6 Å². The van der Waals surface area contributed by atoms with Crippen LogP contribution in [0.2, 0.25) is 0 Å². The fraction of sp³-hybridized carbons (Fsp3) is 0.167. The molecule has 2 aromatic rings. The van der Waals surface area contributed by atoms with E-state index in [0.29, 0.717) is 11.1 Å². The van der Waals surface area contributed by atoms with E-state index < -0.39 is 16.7 Å². The number of hydrogen-bond donors (Lipinski definition) is 0. The van der Waals surface area contributed by atoms with Crippen molar-refractivity contribution in [2.75, 3.05) is 13.7 Å². The van der Waals surface area contributed by atoms with Crippen LogP contribution in [0.5, 0.6) is 5.75 Å². The van der Waals surface area contributed by atoms with E-state index in [9.17, 15) is 19.3 Å². The van der Waals surface area contributed by atoms with E-state index in [-0.39, 0.29) is 23.6 Å². The smallest absolute Gasteiger partial charge is 0.337 e. The number of methoxy groups -OCH3 is 1. The van der Waals surface area contributed by atoms with Gasteiger partial charge in [-0.1, -0.05) is 18.2 Å². The Hall–Kier alpha value is -3.22. The number of ether oxygens (including phenoxy) is 2. The van der Waals surface area contributed by atoms with Gasteiger partial charge in [-0.25, -0.2) is 9.18 Å². The van der Waals surface area contributed by atoms with E-state index in [4.69, 9.17) is 9.47 Å². The van der Waals surface area contributed by atoms with Crippen molar-refractivity contribution in [1.29, 1.82) is 0 Å². The quantitative estimate of drug-likeness (QED) is 0.345. The van der Waals surface area contributed by atoms with Crippen LogP contribution < -0.4 is 4.74 Å². The van der Waals surface area contributed by atoms with Gasteiger partial charge in [0.2, 0.25) is 0 Å². The van der Waals surface area contributed by atoms with E-state index in [0.717, 1.165) is 0 Å². The molecule has 0 aliphatic rings. The van der Waals surface area contributed by atoms with Gasteiger partial charge in [-0.3, -0.25) is 10.1 Å². The average molecular weight is 345 g/mol. The number of carbonyl (C=O) groups excluding carboxylic acids is 1. The van der Waals surface area contributed by atoms with Crippen LogP contribution in [0.15, 0.2) is 48.0 Å². The van der Waals surface area contributed by atoms with Crippen LogP contribution in [-0.4, -0.2) is 24.6 Å². The largest absolute Gasteiger partial charge is 0.482 e. The van der Waals surface area contributed by atoms with Gasteiger partial charge in [0.25, 0.3) is 0 Å². The summed E-state index contributed by atoms with van der Waals surface area (Å²) in [5.41, 5.74) is 1.24. The van der Waals surface area contributed by atoms with Crippen LogP contribution in [0.4, 0.5) is 10.1 Å². The van der Waals surface area contributed by atoms with E-state index in [2.05, 4.69) is 0 Å². The van der Waals surface area contributed by atoms with Crippen molar-refractivity contribution in [3.05, 3.63) is 75.1 Å². The summed E-state index contributed by atoms with van der Waals surface area (Å²) in [4.78, 5) is 22.5. The molecular weight excluding hydrogens is 329 g/mol. The van der Waals surface area contributed by atoms with Gasteiger partial charge in [-0.05, 0) is 42.3 Å². The minimum Gasteiger partial charge on any atom is -0.482 e. The number of halogens is 1. The van der Waals surface area contributed by atoms with E-state index in [1.54, 1.807) is 13.0 Å². The summed E-state index contributed by atoms with van der Waals surface area (Å²) in [6, 6.07) is 10.0. The molecule has 0 heterocycles. The van der Waals surface area contributed by atoms with Gasteiger partial charge < -0.3 is 9.47 Å². The molecule has 0 saturated carbocycles. The number of hydrogen-bond acceptors (Lipinski definition) is 5. The molecular formula is C18H16FNO5. The molecule has 6 nitrogen and oxygen atoms in total. The molecule has 2 rings (SSSR count). The molecule has 0 spiro atoms. The molecule has 0 unspecified atom stereocenters. The number of carbonyl (C=O) groups is 1. The normalized spacial score (nSPS) is 11.1. The van der Waals surface area contributed by atoms with Crippen LogP contribution in [0.3, 0.4) is 0 Å².